The first-order valence-corrected chi connectivity index (χ1v) is 4.22. The average Bonchev–Trinajstić information content (AvgIpc) is 1.89. The first-order valence-electron chi connectivity index (χ1n) is 4.22. The monoisotopic (exact) mass is 158 g/mol. The van der Waals surface area contributed by atoms with Gasteiger partial charge in [0.05, 0.1) is 6.10 Å². The maximum absolute atomic E-state index is 8.63. The lowest BCUT2D eigenvalue weighted by molar-refractivity contribution is 0.144. The van der Waals surface area contributed by atoms with Crippen LogP contribution in [0.5, 0.6) is 0 Å². The van der Waals surface area contributed by atoms with Crippen molar-refractivity contribution in [1.29, 1.82) is 0 Å². The lowest BCUT2D eigenvalue weighted by Crippen LogP contribution is -2.07. The molecule has 1 atom stereocenters. The summed E-state index contributed by atoms with van der Waals surface area (Å²) < 4.78 is 0. The maximum Gasteiger partial charge on any atom is 0.0535 e. The molecule has 1 unspecified atom stereocenters. The van der Waals surface area contributed by atoms with Crippen molar-refractivity contribution in [2.75, 3.05) is 0 Å². The highest BCUT2D eigenvalue weighted by atomic mass is 16.3. The fourth-order valence-electron chi connectivity index (χ4n) is 0. The highest BCUT2D eigenvalue weighted by Crippen LogP contribution is 1.96. The second kappa shape index (κ2) is 7.80. The molecule has 0 aromatic carbocycles. The molecule has 0 bridgehead atoms. The van der Waals surface area contributed by atoms with E-state index in [1.807, 2.05) is 19.9 Å². The highest BCUT2D eigenvalue weighted by Gasteiger charge is 1.97. The Morgan fingerprint density at radius 3 is 1.27 bits per heavy atom. The molecule has 0 aromatic rings. The fourth-order valence-corrected chi connectivity index (χ4v) is 0. The van der Waals surface area contributed by atoms with Crippen LogP contribution in [-0.2, 0) is 0 Å². The molecular formula is C10H22O. The molecule has 0 rings (SSSR count). The molecule has 0 aliphatic carbocycles. The SMILES string of the molecule is C=CC(C)C.CC(C)C(C)O. The second-order valence-electron chi connectivity index (χ2n) is 3.46. The molecule has 0 radical (unpaired) electrons. The third-order valence-corrected chi connectivity index (χ3v) is 1.44. The largest absolute Gasteiger partial charge is 0.393 e. The quantitative estimate of drug-likeness (QED) is 0.613. The standard InChI is InChI=1S/C5H12O.C5H10/c1-4(2)5(3)6;1-4-5(2)3/h4-6H,1-3H3;4-5H,1H2,2-3H3. The Kier molecular flexibility index (Phi) is 9.44. The van der Waals surface area contributed by atoms with Gasteiger partial charge in [-0.25, -0.2) is 0 Å². The molecule has 0 fully saturated rings. The maximum atomic E-state index is 8.63. The first-order chi connectivity index (χ1) is 4.91. The van der Waals surface area contributed by atoms with Gasteiger partial charge in [0.1, 0.15) is 0 Å². The summed E-state index contributed by atoms with van der Waals surface area (Å²) in [6.07, 6.45) is 1.77. The van der Waals surface area contributed by atoms with Crippen molar-refractivity contribution in [2.24, 2.45) is 11.8 Å². The van der Waals surface area contributed by atoms with E-state index in [9.17, 15) is 0 Å². The van der Waals surface area contributed by atoms with E-state index in [4.69, 9.17) is 5.11 Å². The van der Waals surface area contributed by atoms with Gasteiger partial charge in [-0.2, -0.15) is 0 Å². The van der Waals surface area contributed by atoms with E-state index in [2.05, 4.69) is 20.4 Å². The van der Waals surface area contributed by atoms with E-state index in [0.29, 0.717) is 11.8 Å². The van der Waals surface area contributed by atoms with Crippen LogP contribution < -0.4 is 0 Å². The van der Waals surface area contributed by atoms with Gasteiger partial charge >= 0.3 is 0 Å². The lowest BCUT2D eigenvalue weighted by Gasteiger charge is -2.04. The predicted octanol–water partition coefficient (Wildman–Crippen LogP) is 2.85. The molecular weight excluding hydrogens is 136 g/mol. The molecule has 0 aromatic heterocycles. The van der Waals surface area contributed by atoms with Crippen LogP contribution in [0.3, 0.4) is 0 Å². The summed E-state index contributed by atoms with van der Waals surface area (Å²) in [4.78, 5) is 0. The van der Waals surface area contributed by atoms with Crippen molar-refractivity contribution < 1.29 is 5.11 Å². The van der Waals surface area contributed by atoms with Gasteiger partial charge in [-0.15, -0.1) is 6.58 Å². The van der Waals surface area contributed by atoms with Crippen LogP contribution in [0, 0.1) is 11.8 Å². The lowest BCUT2D eigenvalue weighted by atomic mass is 10.1. The molecule has 0 spiro atoms. The summed E-state index contributed by atoms with van der Waals surface area (Å²) in [7, 11) is 0. The van der Waals surface area contributed by atoms with Crippen LogP contribution in [0.4, 0.5) is 0 Å². The Morgan fingerprint density at radius 2 is 1.27 bits per heavy atom. The Labute approximate surface area is 71.1 Å². The van der Waals surface area contributed by atoms with Gasteiger partial charge in [-0.3, -0.25) is 0 Å². The Morgan fingerprint density at radius 1 is 1.09 bits per heavy atom. The fraction of sp³-hybridized carbons (Fsp3) is 0.800. The summed E-state index contributed by atoms with van der Waals surface area (Å²) in [5.41, 5.74) is 0. The predicted molar refractivity (Wildman–Crippen MR) is 51.6 cm³/mol. The second-order valence-corrected chi connectivity index (χ2v) is 3.46. The summed E-state index contributed by atoms with van der Waals surface area (Å²) in [5, 5.41) is 8.63. The molecule has 0 aliphatic rings. The first kappa shape index (κ1) is 13.3. The van der Waals surface area contributed by atoms with E-state index in [0.717, 1.165) is 0 Å². The van der Waals surface area contributed by atoms with Crippen molar-refractivity contribution in [3.63, 3.8) is 0 Å². The van der Waals surface area contributed by atoms with E-state index in [1.54, 1.807) is 6.92 Å². The molecule has 68 valence electrons. The number of hydrogen-bond donors (Lipinski definition) is 1. The minimum absolute atomic E-state index is 0.148. The van der Waals surface area contributed by atoms with E-state index < -0.39 is 0 Å². The van der Waals surface area contributed by atoms with Gasteiger partial charge in [-0.05, 0) is 18.8 Å². The van der Waals surface area contributed by atoms with Crippen molar-refractivity contribution in [3.8, 4) is 0 Å². The van der Waals surface area contributed by atoms with Gasteiger partial charge < -0.3 is 5.11 Å². The number of rotatable bonds is 2. The molecule has 0 heterocycles. The van der Waals surface area contributed by atoms with Crippen molar-refractivity contribution in [2.45, 2.75) is 40.7 Å². The van der Waals surface area contributed by atoms with Gasteiger partial charge in [0, 0.05) is 0 Å². The van der Waals surface area contributed by atoms with Crippen LogP contribution in [0.25, 0.3) is 0 Å². The normalized spacial score (nSPS) is 12.4. The number of aliphatic hydroxyl groups excluding tert-OH is 1. The smallest absolute Gasteiger partial charge is 0.0535 e. The molecule has 0 saturated heterocycles. The minimum Gasteiger partial charge on any atom is -0.393 e. The number of hydrogen-bond acceptors (Lipinski definition) is 1. The van der Waals surface area contributed by atoms with Crippen LogP contribution in [-0.4, -0.2) is 11.2 Å². The minimum atomic E-state index is -0.148. The van der Waals surface area contributed by atoms with Crippen LogP contribution in [0.15, 0.2) is 12.7 Å². The summed E-state index contributed by atoms with van der Waals surface area (Å²) in [6, 6.07) is 0. The molecule has 11 heavy (non-hydrogen) atoms. The van der Waals surface area contributed by atoms with E-state index in [1.165, 1.54) is 0 Å². The summed E-state index contributed by atoms with van der Waals surface area (Å²) >= 11 is 0. The molecule has 1 heteroatoms. The summed E-state index contributed by atoms with van der Waals surface area (Å²) in [5.74, 6) is 1.06. The average molecular weight is 158 g/mol. The molecule has 1 N–H and O–H groups in total. The number of aliphatic hydroxyl groups is 1. The van der Waals surface area contributed by atoms with Crippen LogP contribution in [0.2, 0.25) is 0 Å². The number of allylic oxidation sites excluding steroid dienone is 1. The van der Waals surface area contributed by atoms with Crippen molar-refractivity contribution in [1.82, 2.24) is 0 Å². The zero-order valence-corrected chi connectivity index (χ0v) is 8.46. The Balaban J connectivity index is 0. The highest BCUT2D eigenvalue weighted by molar-refractivity contribution is 4.69. The topological polar surface area (TPSA) is 20.2 Å². The van der Waals surface area contributed by atoms with Gasteiger partial charge in [-0.1, -0.05) is 33.8 Å². The third-order valence-electron chi connectivity index (χ3n) is 1.44. The zero-order chi connectivity index (χ0) is 9.44. The molecule has 0 saturated carbocycles. The van der Waals surface area contributed by atoms with E-state index in [-0.39, 0.29) is 6.10 Å². The molecule has 0 amide bonds. The molecule has 1 nitrogen and oxygen atoms in total. The Bertz CT molecular complexity index is 76.9. The molecule has 0 aliphatic heterocycles. The van der Waals surface area contributed by atoms with Crippen LogP contribution in [0.1, 0.15) is 34.6 Å². The van der Waals surface area contributed by atoms with Gasteiger partial charge in [0.15, 0.2) is 0 Å². The van der Waals surface area contributed by atoms with E-state index >= 15 is 0 Å². The van der Waals surface area contributed by atoms with Gasteiger partial charge in [0.25, 0.3) is 0 Å². The summed E-state index contributed by atoms with van der Waals surface area (Å²) in [6.45, 7) is 13.5. The van der Waals surface area contributed by atoms with Crippen molar-refractivity contribution in [3.05, 3.63) is 12.7 Å². The third kappa shape index (κ3) is 17.7. The Hall–Kier alpha value is -0.300. The van der Waals surface area contributed by atoms with Crippen molar-refractivity contribution >= 4 is 0 Å². The van der Waals surface area contributed by atoms with Crippen LogP contribution >= 0.6 is 0 Å². The zero-order valence-electron chi connectivity index (χ0n) is 8.46. The van der Waals surface area contributed by atoms with Gasteiger partial charge in [0.2, 0.25) is 0 Å².